The first-order chi connectivity index (χ1) is 3.79. The van der Waals surface area contributed by atoms with E-state index in [0.717, 1.165) is 0 Å². The van der Waals surface area contributed by atoms with Gasteiger partial charge in [0.15, 0.2) is 0 Å². The largest absolute Gasteiger partial charge is 0.354 e. The number of piperazine rings is 1. The smallest absolute Gasteiger partial charge is 0.234 e. The summed E-state index contributed by atoms with van der Waals surface area (Å²) in [7, 11) is 0. The van der Waals surface area contributed by atoms with Crippen LogP contribution in [-0.2, 0) is 4.79 Å². The van der Waals surface area contributed by atoms with Crippen LogP contribution in [0.15, 0.2) is 0 Å². The number of hydrogen-bond donors (Lipinski definition) is 2. The normalized spacial score (nSPS) is 26.3. The molecule has 7 heavy (non-hydrogen) atoms. The second-order valence-corrected chi connectivity index (χ2v) is 1.46. The first-order valence-electron chi connectivity index (χ1n) is 2.74. The number of carbonyl (C=O) groups excluding carboxylic acids is 1. The molecule has 1 amide bonds. The van der Waals surface area contributed by atoms with Crippen molar-refractivity contribution in [1.82, 2.24) is 10.6 Å². The van der Waals surface area contributed by atoms with Crippen molar-refractivity contribution in [1.29, 1.82) is 0 Å². The number of hydrogen-bond acceptors (Lipinski definition) is 2. The van der Waals surface area contributed by atoms with Gasteiger partial charge in [0, 0.05) is 13.1 Å². The van der Waals surface area contributed by atoms with Crippen molar-refractivity contribution in [3.8, 4) is 0 Å². The van der Waals surface area contributed by atoms with E-state index >= 15 is 0 Å². The number of carbonyl (C=O) groups is 1. The van der Waals surface area contributed by atoms with Crippen molar-refractivity contribution in [2.75, 3.05) is 19.6 Å². The molecule has 1 fully saturated rings. The van der Waals surface area contributed by atoms with E-state index in [0.29, 0.717) is 13.1 Å². The lowest BCUT2D eigenvalue weighted by Gasteiger charge is -2.11. The van der Waals surface area contributed by atoms with Crippen LogP contribution in [0.3, 0.4) is 0 Å². The van der Waals surface area contributed by atoms with E-state index in [-0.39, 0.29) is 12.5 Å². The Morgan fingerprint density at radius 3 is 3.00 bits per heavy atom. The summed E-state index contributed by atoms with van der Waals surface area (Å²) in [5.74, 6) is -0.0498. The third kappa shape index (κ3) is 1.16. The SMILES string of the molecule is [2H]N1CCNC(=O)C1. The van der Waals surface area contributed by atoms with Crippen LogP contribution in [0.5, 0.6) is 0 Å². The van der Waals surface area contributed by atoms with Crippen LogP contribution in [0.25, 0.3) is 0 Å². The molecule has 1 aliphatic heterocycles. The van der Waals surface area contributed by atoms with Crippen LogP contribution in [0.1, 0.15) is 0 Å². The molecule has 0 aliphatic carbocycles. The molecule has 1 saturated heterocycles. The Kier molecular flexibility index (Phi) is 0.947. The molecule has 0 atom stereocenters. The van der Waals surface area contributed by atoms with Gasteiger partial charge in [0.2, 0.25) is 5.91 Å². The predicted molar refractivity (Wildman–Crippen MR) is 25.9 cm³/mol. The van der Waals surface area contributed by atoms with E-state index in [2.05, 4.69) is 5.32 Å². The third-order valence-corrected chi connectivity index (χ3v) is 0.847. The maximum Gasteiger partial charge on any atom is 0.234 e. The van der Waals surface area contributed by atoms with Gasteiger partial charge in [0.05, 0.1) is 6.54 Å². The van der Waals surface area contributed by atoms with Crippen LogP contribution in [-0.4, -0.2) is 25.5 Å². The Hall–Kier alpha value is -0.570. The first-order valence-corrected chi connectivity index (χ1v) is 2.29. The third-order valence-electron chi connectivity index (χ3n) is 0.847. The second-order valence-electron chi connectivity index (χ2n) is 1.46. The van der Waals surface area contributed by atoms with E-state index in [1.807, 2.05) is 0 Å². The Morgan fingerprint density at radius 1 is 1.71 bits per heavy atom. The molecule has 1 rings (SSSR count). The van der Waals surface area contributed by atoms with E-state index < -0.39 is 0 Å². The Labute approximate surface area is 43.6 Å². The minimum atomic E-state index is -0.0498. The van der Waals surface area contributed by atoms with Crippen molar-refractivity contribution < 1.29 is 6.21 Å². The van der Waals surface area contributed by atoms with Crippen LogP contribution in [0.2, 0.25) is 1.41 Å². The van der Waals surface area contributed by atoms with E-state index in [9.17, 15) is 4.79 Å². The maximum atomic E-state index is 10.4. The van der Waals surface area contributed by atoms with Gasteiger partial charge in [-0.3, -0.25) is 4.79 Å². The van der Waals surface area contributed by atoms with Gasteiger partial charge in [-0.05, 0) is 0 Å². The quantitative estimate of drug-likeness (QED) is 0.398. The Balaban J connectivity index is 2.34. The molecular weight excluding hydrogens is 92.1 g/mol. The van der Waals surface area contributed by atoms with E-state index in [4.69, 9.17) is 1.41 Å². The molecule has 0 aromatic heterocycles. The summed E-state index contributed by atoms with van der Waals surface area (Å²) in [5.41, 5.74) is 0. The summed E-state index contributed by atoms with van der Waals surface area (Å²) in [5, 5.41) is 3.86. The zero-order valence-electron chi connectivity index (χ0n) is 4.98. The van der Waals surface area contributed by atoms with E-state index in [1.54, 1.807) is 0 Å². The maximum absolute atomic E-state index is 10.4. The van der Waals surface area contributed by atoms with Crippen molar-refractivity contribution in [2.45, 2.75) is 0 Å². The molecule has 0 spiro atoms. The number of nitrogens with one attached hydrogen (secondary N) is 2. The monoisotopic (exact) mass is 101 g/mol. The van der Waals surface area contributed by atoms with Crippen molar-refractivity contribution in [3.05, 3.63) is 0 Å². The van der Waals surface area contributed by atoms with Crippen molar-refractivity contribution in [3.63, 3.8) is 0 Å². The number of amides is 1. The summed E-state index contributed by atoms with van der Waals surface area (Å²) in [4.78, 5) is 10.4. The van der Waals surface area contributed by atoms with Crippen molar-refractivity contribution >= 4 is 5.91 Å². The minimum absolute atomic E-state index is 0.0498. The highest BCUT2D eigenvalue weighted by molar-refractivity contribution is 5.78. The Bertz CT molecular complexity index is 106. The lowest BCUT2D eigenvalue weighted by atomic mass is 10.4. The minimum Gasteiger partial charge on any atom is -0.354 e. The predicted octanol–water partition coefficient (Wildman–Crippen LogP) is -1.29. The summed E-state index contributed by atoms with van der Waals surface area (Å²) in [6.45, 7) is 1.48. The highest BCUT2D eigenvalue weighted by atomic mass is 16.2. The topological polar surface area (TPSA) is 41.1 Å². The van der Waals surface area contributed by atoms with Gasteiger partial charge in [-0.25, -0.2) is 0 Å². The van der Waals surface area contributed by atoms with Gasteiger partial charge in [-0.15, -0.1) is 0 Å². The van der Waals surface area contributed by atoms with Gasteiger partial charge >= 0.3 is 0 Å². The molecule has 0 aromatic carbocycles. The molecule has 0 bridgehead atoms. The molecule has 2 N–H and O–H groups in total. The highest BCUT2D eigenvalue weighted by Crippen LogP contribution is 1.69. The van der Waals surface area contributed by atoms with Crippen LogP contribution in [0, 0.1) is 0 Å². The molecule has 0 saturated carbocycles. The van der Waals surface area contributed by atoms with Crippen LogP contribution >= 0.6 is 0 Å². The molecule has 0 radical (unpaired) electrons. The lowest BCUT2D eigenvalue weighted by molar-refractivity contribution is -0.121. The molecular formula is C4H8N2O. The summed E-state index contributed by atoms with van der Waals surface area (Å²) >= 11 is 0. The molecule has 1 heterocycles. The van der Waals surface area contributed by atoms with Gasteiger partial charge in [-0.1, -0.05) is 0 Å². The van der Waals surface area contributed by atoms with Gasteiger partial charge in [0.1, 0.15) is 1.41 Å². The molecule has 3 heteroatoms. The molecule has 0 unspecified atom stereocenters. The first kappa shape index (κ1) is 3.43. The fourth-order valence-corrected chi connectivity index (χ4v) is 0.511. The van der Waals surface area contributed by atoms with Gasteiger partial charge in [0.25, 0.3) is 0 Å². The fraction of sp³-hybridized carbons (Fsp3) is 0.750. The number of rotatable bonds is 0. The Morgan fingerprint density at radius 2 is 2.57 bits per heavy atom. The zero-order valence-corrected chi connectivity index (χ0v) is 3.98. The standard InChI is InChI=1S/C4H8N2O/c7-4-3-5-1-2-6-4/h5H,1-3H2,(H,6,7)/i/hD. The average Bonchev–Trinajstić information content (AvgIpc) is 1.64. The fourth-order valence-electron chi connectivity index (χ4n) is 0.511. The van der Waals surface area contributed by atoms with Gasteiger partial charge < -0.3 is 10.6 Å². The van der Waals surface area contributed by atoms with Crippen molar-refractivity contribution in [2.24, 2.45) is 0 Å². The molecule has 40 valence electrons. The summed E-state index contributed by atoms with van der Waals surface area (Å²) in [6.07, 6.45) is 0. The zero-order chi connectivity index (χ0) is 5.98. The average molecular weight is 101 g/mol. The highest BCUT2D eigenvalue weighted by Gasteiger charge is 2.02. The molecule has 3 nitrogen and oxygen atoms in total. The van der Waals surface area contributed by atoms with E-state index in [1.165, 1.54) is 5.31 Å². The van der Waals surface area contributed by atoms with Crippen LogP contribution < -0.4 is 10.6 Å². The summed E-state index contributed by atoms with van der Waals surface area (Å²) in [6, 6.07) is 0. The molecule has 1 aliphatic rings. The van der Waals surface area contributed by atoms with Crippen LogP contribution in [0.4, 0.5) is 0 Å². The molecule has 0 aromatic rings. The lowest BCUT2D eigenvalue weighted by Crippen LogP contribution is -2.44. The van der Waals surface area contributed by atoms with Gasteiger partial charge in [-0.2, -0.15) is 0 Å². The second kappa shape index (κ2) is 1.93. The summed E-state index contributed by atoms with van der Waals surface area (Å²) < 4.78 is 6.97.